The number of amides is 1. The molecule has 0 spiro atoms. The highest BCUT2D eigenvalue weighted by molar-refractivity contribution is 8.01. The Hall–Kier alpha value is -0.0900. The first-order valence-electron chi connectivity index (χ1n) is 2.19. The van der Waals surface area contributed by atoms with Crippen LogP contribution in [0.5, 0.6) is 0 Å². The summed E-state index contributed by atoms with van der Waals surface area (Å²) in [5.41, 5.74) is 0. The van der Waals surface area contributed by atoms with Crippen LogP contribution in [0.15, 0.2) is 0 Å². The van der Waals surface area contributed by atoms with Crippen LogP contribution in [0.1, 0.15) is 0 Å². The van der Waals surface area contributed by atoms with Gasteiger partial charge in [-0.1, -0.05) is 12.2 Å². The van der Waals surface area contributed by atoms with Crippen LogP contribution in [-0.2, 0) is 4.79 Å². The lowest BCUT2D eigenvalue weighted by Crippen LogP contribution is -2.36. The van der Waals surface area contributed by atoms with Crippen LogP contribution in [-0.4, -0.2) is 22.4 Å². The SMILES string of the molecule is O=C1CSCC(=S)N1. The fourth-order valence-electron chi connectivity index (χ4n) is 0.464. The summed E-state index contributed by atoms with van der Waals surface area (Å²) in [6, 6.07) is 0. The van der Waals surface area contributed by atoms with Crippen molar-refractivity contribution in [1.82, 2.24) is 5.32 Å². The standard InChI is InChI=1S/C4H5NOS2/c6-3-1-8-2-4(7)5-3/h1-2H2,(H,5,6,7). The number of carbonyl (C=O) groups excluding carboxylic acids is 1. The number of rotatable bonds is 0. The molecule has 0 aliphatic carbocycles. The Morgan fingerprint density at radius 3 is 2.75 bits per heavy atom. The molecule has 0 radical (unpaired) electrons. The number of nitrogens with one attached hydrogen (secondary N) is 1. The van der Waals surface area contributed by atoms with E-state index in [1.165, 1.54) is 0 Å². The van der Waals surface area contributed by atoms with Crippen LogP contribution in [0.2, 0.25) is 0 Å². The fourth-order valence-corrected chi connectivity index (χ4v) is 1.45. The number of thiocarbonyl (C=S) groups is 1. The van der Waals surface area contributed by atoms with E-state index in [2.05, 4.69) is 5.32 Å². The van der Waals surface area contributed by atoms with E-state index in [1.54, 1.807) is 11.8 Å². The van der Waals surface area contributed by atoms with Gasteiger partial charge in [0.15, 0.2) is 0 Å². The zero-order valence-electron chi connectivity index (χ0n) is 4.14. The van der Waals surface area contributed by atoms with E-state index >= 15 is 0 Å². The van der Waals surface area contributed by atoms with Crippen molar-refractivity contribution in [1.29, 1.82) is 0 Å². The predicted molar refractivity (Wildman–Crippen MR) is 38.1 cm³/mol. The minimum atomic E-state index is 0.0336. The number of carbonyl (C=O) groups is 1. The molecule has 4 heteroatoms. The normalized spacial score (nSPS) is 20.5. The van der Waals surface area contributed by atoms with Gasteiger partial charge in [0, 0.05) is 5.75 Å². The molecule has 0 aromatic rings. The number of hydrogen-bond acceptors (Lipinski definition) is 3. The summed E-state index contributed by atoms with van der Waals surface area (Å²) in [6.07, 6.45) is 0. The molecule has 1 fully saturated rings. The zero-order chi connectivity index (χ0) is 5.98. The summed E-state index contributed by atoms with van der Waals surface area (Å²) in [6.45, 7) is 0. The second-order valence-corrected chi connectivity index (χ2v) is 2.94. The molecule has 2 nitrogen and oxygen atoms in total. The molecule has 0 saturated carbocycles. The van der Waals surface area contributed by atoms with Gasteiger partial charge in [0.1, 0.15) is 0 Å². The summed E-state index contributed by atoms with van der Waals surface area (Å²) in [7, 11) is 0. The Balaban J connectivity index is 2.45. The van der Waals surface area contributed by atoms with Crippen LogP contribution in [0.3, 0.4) is 0 Å². The maximum Gasteiger partial charge on any atom is 0.234 e. The molecule has 0 aromatic carbocycles. The molecular weight excluding hydrogens is 142 g/mol. The lowest BCUT2D eigenvalue weighted by atomic mass is 10.6. The van der Waals surface area contributed by atoms with Crippen molar-refractivity contribution in [3.05, 3.63) is 0 Å². The highest BCUT2D eigenvalue weighted by Crippen LogP contribution is 2.03. The fraction of sp³-hybridized carbons (Fsp3) is 0.500. The van der Waals surface area contributed by atoms with Gasteiger partial charge >= 0.3 is 0 Å². The van der Waals surface area contributed by atoms with Crippen molar-refractivity contribution in [2.75, 3.05) is 11.5 Å². The molecule has 1 aliphatic rings. The third-order valence-corrected chi connectivity index (χ3v) is 2.13. The average molecular weight is 147 g/mol. The van der Waals surface area contributed by atoms with Gasteiger partial charge in [0.05, 0.1) is 10.7 Å². The molecule has 1 amide bonds. The third-order valence-electron chi connectivity index (χ3n) is 0.745. The maximum atomic E-state index is 10.5. The molecule has 1 heterocycles. The van der Waals surface area contributed by atoms with Gasteiger partial charge in [-0.25, -0.2) is 0 Å². The summed E-state index contributed by atoms with van der Waals surface area (Å²) < 4.78 is 0. The van der Waals surface area contributed by atoms with E-state index in [0.717, 1.165) is 5.75 Å². The first kappa shape index (κ1) is 6.04. The van der Waals surface area contributed by atoms with Crippen LogP contribution < -0.4 is 5.32 Å². The average Bonchev–Trinajstić information content (AvgIpc) is 1.64. The van der Waals surface area contributed by atoms with Crippen molar-refractivity contribution in [3.8, 4) is 0 Å². The zero-order valence-corrected chi connectivity index (χ0v) is 5.77. The molecule has 0 atom stereocenters. The van der Waals surface area contributed by atoms with Gasteiger partial charge in [-0.3, -0.25) is 4.79 Å². The molecule has 0 aromatic heterocycles. The summed E-state index contributed by atoms with van der Waals surface area (Å²) >= 11 is 6.29. The maximum absolute atomic E-state index is 10.5. The highest BCUT2D eigenvalue weighted by Gasteiger charge is 2.10. The Morgan fingerprint density at radius 1 is 1.62 bits per heavy atom. The van der Waals surface area contributed by atoms with Crippen molar-refractivity contribution >= 4 is 34.9 Å². The van der Waals surface area contributed by atoms with Crippen LogP contribution in [0.25, 0.3) is 0 Å². The minimum absolute atomic E-state index is 0.0336. The lowest BCUT2D eigenvalue weighted by Gasteiger charge is -2.10. The molecule has 44 valence electrons. The monoisotopic (exact) mass is 147 g/mol. The lowest BCUT2D eigenvalue weighted by molar-refractivity contribution is -0.117. The van der Waals surface area contributed by atoms with Gasteiger partial charge in [-0.2, -0.15) is 0 Å². The molecule has 1 saturated heterocycles. The topological polar surface area (TPSA) is 29.1 Å². The van der Waals surface area contributed by atoms with Gasteiger partial charge in [-0.15, -0.1) is 11.8 Å². The second-order valence-electron chi connectivity index (χ2n) is 1.46. The van der Waals surface area contributed by atoms with E-state index in [4.69, 9.17) is 12.2 Å². The Morgan fingerprint density at radius 2 is 2.38 bits per heavy atom. The van der Waals surface area contributed by atoms with E-state index < -0.39 is 0 Å². The second kappa shape index (κ2) is 2.46. The smallest absolute Gasteiger partial charge is 0.234 e. The first-order chi connectivity index (χ1) is 3.79. The largest absolute Gasteiger partial charge is 0.319 e. The minimum Gasteiger partial charge on any atom is -0.319 e. The van der Waals surface area contributed by atoms with Crippen molar-refractivity contribution < 1.29 is 4.79 Å². The summed E-state index contributed by atoms with van der Waals surface area (Å²) in [5, 5.41) is 2.55. The number of hydrogen-bond donors (Lipinski definition) is 1. The van der Waals surface area contributed by atoms with Crippen molar-refractivity contribution in [3.63, 3.8) is 0 Å². The van der Waals surface area contributed by atoms with Gasteiger partial charge < -0.3 is 5.32 Å². The van der Waals surface area contributed by atoms with Gasteiger partial charge in [0.25, 0.3) is 0 Å². The molecule has 1 aliphatic heterocycles. The van der Waals surface area contributed by atoms with Crippen molar-refractivity contribution in [2.45, 2.75) is 0 Å². The van der Waals surface area contributed by atoms with Gasteiger partial charge in [-0.05, 0) is 0 Å². The molecule has 1 N–H and O–H groups in total. The van der Waals surface area contributed by atoms with Crippen molar-refractivity contribution in [2.24, 2.45) is 0 Å². The molecule has 8 heavy (non-hydrogen) atoms. The Bertz CT molecular complexity index is 120. The Kier molecular flexibility index (Phi) is 1.85. The number of thioether (sulfide) groups is 1. The predicted octanol–water partition coefficient (Wildman–Crippen LogP) is 0.177. The highest BCUT2D eigenvalue weighted by atomic mass is 32.2. The van der Waals surface area contributed by atoms with E-state index in [9.17, 15) is 4.79 Å². The third kappa shape index (κ3) is 1.45. The quantitative estimate of drug-likeness (QED) is 0.495. The summed E-state index contributed by atoms with van der Waals surface area (Å²) in [5.74, 6) is 1.38. The molecule has 1 rings (SSSR count). The molecule has 0 bridgehead atoms. The Labute approximate surface area is 57.0 Å². The van der Waals surface area contributed by atoms with E-state index in [-0.39, 0.29) is 5.91 Å². The van der Waals surface area contributed by atoms with Gasteiger partial charge in [0.2, 0.25) is 5.91 Å². The van der Waals surface area contributed by atoms with Crippen LogP contribution >= 0.6 is 24.0 Å². The van der Waals surface area contributed by atoms with Crippen LogP contribution in [0.4, 0.5) is 0 Å². The first-order valence-corrected chi connectivity index (χ1v) is 3.76. The van der Waals surface area contributed by atoms with E-state index in [1.807, 2.05) is 0 Å². The molecular formula is C4H5NOS2. The van der Waals surface area contributed by atoms with Crippen LogP contribution in [0, 0.1) is 0 Å². The van der Waals surface area contributed by atoms with E-state index in [0.29, 0.717) is 10.7 Å². The molecule has 0 unspecified atom stereocenters. The summed E-state index contributed by atoms with van der Waals surface area (Å²) in [4.78, 5) is 11.1.